The van der Waals surface area contributed by atoms with Crippen molar-refractivity contribution in [3.63, 3.8) is 0 Å². The molecule has 2 fully saturated rings. The number of benzene rings is 1. The minimum absolute atomic E-state index is 0.0216. The van der Waals surface area contributed by atoms with Gasteiger partial charge in [-0.1, -0.05) is 49.6 Å². The molecule has 118 valence electrons. The standard InChI is InChI=1S/C17H22N2O3/c1-18-16(22)19(12-14(20)13-8-4-2-5-9-13)15(21)17(18)10-6-3-7-11-17/h2,4-5,8-9,14,20H,3,6-7,10-12H2,1H3/t14-/m1/s1. The number of aliphatic hydroxyl groups is 1. The number of hydrogen-bond donors (Lipinski definition) is 1. The van der Waals surface area contributed by atoms with Gasteiger partial charge in [0.15, 0.2) is 0 Å². The zero-order valence-corrected chi connectivity index (χ0v) is 12.9. The molecule has 1 aliphatic heterocycles. The number of nitrogens with zero attached hydrogens (tertiary/aromatic N) is 2. The van der Waals surface area contributed by atoms with Crippen LogP contribution >= 0.6 is 0 Å². The second-order valence-electron chi connectivity index (χ2n) is 6.28. The molecule has 1 N–H and O–H groups in total. The van der Waals surface area contributed by atoms with E-state index in [4.69, 9.17) is 0 Å². The van der Waals surface area contributed by atoms with Gasteiger partial charge in [0, 0.05) is 7.05 Å². The van der Waals surface area contributed by atoms with Gasteiger partial charge in [-0.25, -0.2) is 4.79 Å². The van der Waals surface area contributed by atoms with Gasteiger partial charge in [-0.3, -0.25) is 9.69 Å². The highest BCUT2D eigenvalue weighted by Gasteiger charge is 2.55. The molecule has 1 atom stereocenters. The number of hydrogen-bond acceptors (Lipinski definition) is 3. The van der Waals surface area contributed by atoms with E-state index in [1.54, 1.807) is 24.1 Å². The van der Waals surface area contributed by atoms with Crippen LogP contribution in [-0.2, 0) is 4.79 Å². The molecule has 1 saturated carbocycles. The van der Waals surface area contributed by atoms with E-state index in [2.05, 4.69) is 0 Å². The van der Waals surface area contributed by atoms with E-state index in [9.17, 15) is 14.7 Å². The maximum absolute atomic E-state index is 12.8. The Morgan fingerprint density at radius 3 is 2.41 bits per heavy atom. The molecular formula is C17H22N2O3. The van der Waals surface area contributed by atoms with Gasteiger partial charge in [0.1, 0.15) is 5.54 Å². The lowest BCUT2D eigenvalue weighted by molar-refractivity contribution is -0.135. The lowest BCUT2D eigenvalue weighted by Gasteiger charge is -2.35. The first kappa shape index (κ1) is 15.0. The molecule has 1 spiro atoms. The van der Waals surface area contributed by atoms with Crippen molar-refractivity contribution in [2.45, 2.75) is 43.7 Å². The van der Waals surface area contributed by atoms with Gasteiger partial charge in [0.05, 0.1) is 12.6 Å². The normalized spacial score (nSPS) is 22.5. The summed E-state index contributed by atoms with van der Waals surface area (Å²) in [5.74, 6) is -0.144. The molecule has 22 heavy (non-hydrogen) atoms. The summed E-state index contributed by atoms with van der Waals surface area (Å²) in [5.41, 5.74) is 0.0431. The maximum Gasteiger partial charge on any atom is 0.327 e. The third-order valence-electron chi connectivity index (χ3n) is 5.02. The molecule has 2 aliphatic rings. The molecule has 0 bridgehead atoms. The van der Waals surface area contributed by atoms with Crippen LogP contribution in [0, 0.1) is 0 Å². The van der Waals surface area contributed by atoms with Gasteiger partial charge in [0.25, 0.3) is 5.91 Å². The van der Waals surface area contributed by atoms with Crippen molar-refractivity contribution in [3.05, 3.63) is 35.9 Å². The highest BCUT2D eigenvalue weighted by Crippen LogP contribution is 2.39. The van der Waals surface area contributed by atoms with Crippen molar-refractivity contribution < 1.29 is 14.7 Å². The Morgan fingerprint density at radius 1 is 1.14 bits per heavy atom. The third-order valence-corrected chi connectivity index (χ3v) is 5.02. The van der Waals surface area contributed by atoms with Gasteiger partial charge in [-0.05, 0) is 18.4 Å². The van der Waals surface area contributed by atoms with Crippen LogP contribution in [0.1, 0.15) is 43.8 Å². The number of urea groups is 1. The van der Waals surface area contributed by atoms with E-state index in [1.165, 1.54) is 4.90 Å². The maximum atomic E-state index is 12.8. The number of aliphatic hydroxyl groups excluding tert-OH is 1. The van der Waals surface area contributed by atoms with E-state index in [0.717, 1.165) is 37.7 Å². The van der Waals surface area contributed by atoms with Crippen molar-refractivity contribution in [3.8, 4) is 0 Å². The molecule has 1 heterocycles. The molecule has 0 radical (unpaired) electrons. The van der Waals surface area contributed by atoms with Gasteiger partial charge < -0.3 is 10.0 Å². The Bertz CT molecular complexity index is 567. The fourth-order valence-corrected chi connectivity index (χ4v) is 3.65. The Balaban J connectivity index is 1.80. The van der Waals surface area contributed by atoms with Crippen LogP contribution in [0.2, 0.25) is 0 Å². The van der Waals surface area contributed by atoms with Crippen molar-refractivity contribution in [1.29, 1.82) is 0 Å². The smallest absolute Gasteiger partial charge is 0.327 e. The van der Waals surface area contributed by atoms with Crippen LogP contribution in [0.15, 0.2) is 30.3 Å². The highest BCUT2D eigenvalue weighted by atomic mass is 16.3. The number of imide groups is 1. The summed E-state index contributed by atoms with van der Waals surface area (Å²) in [7, 11) is 1.71. The van der Waals surface area contributed by atoms with Crippen LogP contribution in [0.3, 0.4) is 0 Å². The number of likely N-dealkylation sites (N-methyl/N-ethyl adjacent to an activating group) is 1. The van der Waals surface area contributed by atoms with E-state index >= 15 is 0 Å². The lowest BCUT2D eigenvalue weighted by Crippen LogP contribution is -2.49. The number of carbonyl (C=O) groups is 2. The molecule has 1 saturated heterocycles. The molecule has 5 nitrogen and oxygen atoms in total. The van der Waals surface area contributed by atoms with Gasteiger partial charge in [-0.15, -0.1) is 0 Å². The average Bonchev–Trinajstić information content (AvgIpc) is 2.73. The fourth-order valence-electron chi connectivity index (χ4n) is 3.65. The minimum Gasteiger partial charge on any atom is -0.387 e. The summed E-state index contributed by atoms with van der Waals surface area (Å²) in [4.78, 5) is 28.1. The van der Waals surface area contributed by atoms with Crippen LogP contribution in [0.25, 0.3) is 0 Å². The monoisotopic (exact) mass is 302 g/mol. The summed E-state index contributed by atoms with van der Waals surface area (Å²) >= 11 is 0. The van der Waals surface area contributed by atoms with Crippen molar-refractivity contribution in [1.82, 2.24) is 9.80 Å². The second kappa shape index (κ2) is 5.72. The first-order valence-corrected chi connectivity index (χ1v) is 7.89. The summed E-state index contributed by atoms with van der Waals surface area (Å²) < 4.78 is 0. The zero-order chi connectivity index (χ0) is 15.7. The molecule has 0 unspecified atom stereocenters. The Morgan fingerprint density at radius 2 is 1.77 bits per heavy atom. The van der Waals surface area contributed by atoms with Crippen LogP contribution in [-0.4, -0.2) is 46.0 Å². The van der Waals surface area contributed by atoms with E-state index in [1.807, 2.05) is 18.2 Å². The third kappa shape index (κ3) is 2.29. The number of β-amino-alcohol motifs (C(OH)–C–C–N with tert-alkyl or cyclic N) is 1. The summed E-state index contributed by atoms with van der Waals surface area (Å²) in [5, 5.41) is 10.3. The number of amides is 3. The SMILES string of the molecule is CN1C(=O)N(C[C@@H](O)c2ccccc2)C(=O)C12CCCCC2. The highest BCUT2D eigenvalue weighted by molar-refractivity contribution is 6.07. The van der Waals surface area contributed by atoms with E-state index < -0.39 is 11.6 Å². The largest absolute Gasteiger partial charge is 0.387 e. The van der Waals surface area contributed by atoms with E-state index in [0.29, 0.717) is 0 Å². The first-order valence-electron chi connectivity index (χ1n) is 7.89. The van der Waals surface area contributed by atoms with Crippen molar-refractivity contribution in [2.75, 3.05) is 13.6 Å². The van der Waals surface area contributed by atoms with Gasteiger partial charge in [-0.2, -0.15) is 0 Å². The number of rotatable bonds is 3. The predicted octanol–water partition coefficient (Wildman–Crippen LogP) is 2.32. The van der Waals surface area contributed by atoms with Crippen LogP contribution < -0.4 is 0 Å². The molecule has 3 rings (SSSR count). The quantitative estimate of drug-likeness (QED) is 0.872. The first-order chi connectivity index (χ1) is 10.6. The summed E-state index contributed by atoms with van der Waals surface area (Å²) in [6.07, 6.45) is 3.67. The van der Waals surface area contributed by atoms with Crippen LogP contribution in [0.4, 0.5) is 4.79 Å². The zero-order valence-electron chi connectivity index (χ0n) is 12.9. The molecule has 1 aromatic carbocycles. The topological polar surface area (TPSA) is 60.9 Å². The summed E-state index contributed by atoms with van der Waals surface area (Å²) in [6.45, 7) is 0.0216. The molecule has 0 aromatic heterocycles. The van der Waals surface area contributed by atoms with Gasteiger partial charge >= 0.3 is 6.03 Å². The van der Waals surface area contributed by atoms with Crippen molar-refractivity contribution >= 4 is 11.9 Å². The fraction of sp³-hybridized carbons (Fsp3) is 0.529. The van der Waals surface area contributed by atoms with Crippen molar-refractivity contribution in [2.24, 2.45) is 0 Å². The Labute approximate surface area is 130 Å². The second-order valence-corrected chi connectivity index (χ2v) is 6.28. The van der Waals surface area contributed by atoms with E-state index in [-0.39, 0.29) is 18.5 Å². The molecular weight excluding hydrogens is 280 g/mol. The molecule has 1 aromatic rings. The Hall–Kier alpha value is -1.88. The van der Waals surface area contributed by atoms with Gasteiger partial charge in [0.2, 0.25) is 0 Å². The molecule has 3 amide bonds. The summed E-state index contributed by atoms with van der Waals surface area (Å²) in [6, 6.07) is 8.85. The van der Waals surface area contributed by atoms with Crippen LogP contribution in [0.5, 0.6) is 0 Å². The molecule has 5 heteroatoms. The number of carbonyl (C=O) groups excluding carboxylic acids is 2. The minimum atomic E-state index is -0.846. The average molecular weight is 302 g/mol. The lowest BCUT2D eigenvalue weighted by atomic mass is 9.80. The predicted molar refractivity (Wildman–Crippen MR) is 82.1 cm³/mol. The Kier molecular flexibility index (Phi) is 3.91. The molecule has 1 aliphatic carbocycles.